The van der Waals surface area contributed by atoms with Gasteiger partial charge < -0.3 is 24.1 Å². The average Bonchev–Trinajstić information content (AvgIpc) is 2.75. The lowest BCUT2D eigenvalue weighted by Crippen LogP contribution is -2.65. The molecule has 0 spiro atoms. The molecular formula is C28H50O9. The summed E-state index contributed by atoms with van der Waals surface area (Å²) >= 11 is 0. The molecule has 9 heteroatoms. The number of esters is 3. The van der Waals surface area contributed by atoms with E-state index in [4.69, 9.17) is 18.9 Å². The van der Waals surface area contributed by atoms with Crippen molar-refractivity contribution in [2.24, 2.45) is 35.0 Å². The van der Waals surface area contributed by atoms with Gasteiger partial charge >= 0.3 is 30.0 Å². The normalized spacial score (nSPS) is 17.7. The van der Waals surface area contributed by atoms with Crippen molar-refractivity contribution in [2.45, 2.75) is 120 Å². The van der Waals surface area contributed by atoms with Gasteiger partial charge in [0, 0.05) is 5.92 Å². The van der Waals surface area contributed by atoms with Crippen LogP contribution < -0.4 is 0 Å². The van der Waals surface area contributed by atoms with Gasteiger partial charge in [-0.1, -0.05) is 89.0 Å². The van der Waals surface area contributed by atoms with E-state index in [1.807, 2.05) is 48.5 Å². The van der Waals surface area contributed by atoms with Gasteiger partial charge in [-0.25, -0.2) is 4.79 Å². The SMILES string of the molecule is CCC(C)C(C)C(=O)OC(C)(C(C)C)C(OC(=O)O)(OC(=O)CC(C)(C)CC)OC(=O)C(C)CC(C)C. The third kappa shape index (κ3) is 9.82. The largest absolute Gasteiger partial charge is 0.511 e. The van der Waals surface area contributed by atoms with Crippen molar-refractivity contribution < 1.29 is 43.2 Å². The number of ether oxygens (including phenoxy) is 4. The molecule has 0 rings (SSSR count). The van der Waals surface area contributed by atoms with Gasteiger partial charge in [0.15, 0.2) is 0 Å². The number of rotatable bonds is 15. The van der Waals surface area contributed by atoms with Gasteiger partial charge in [0.2, 0.25) is 5.60 Å². The Hall–Kier alpha value is -2.32. The Morgan fingerprint density at radius 3 is 1.73 bits per heavy atom. The minimum atomic E-state index is -2.86. The first kappa shape index (κ1) is 34.7. The van der Waals surface area contributed by atoms with Crippen molar-refractivity contribution in [1.82, 2.24) is 0 Å². The maximum Gasteiger partial charge on any atom is 0.511 e. The lowest BCUT2D eigenvalue weighted by molar-refractivity contribution is -0.397. The zero-order valence-electron chi connectivity index (χ0n) is 24.9. The Kier molecular flexibility index (Phi) is 13.1. The zero-order valence-corrected chi connectivity index (χ0v) is 24.9. The minimum Gasteiger partial charge on any atom is -0.450 e. The Bertz CT molecular complexity index is 789. The third-order valence-electron chi connectivity index (χ3n) is 7.40. The van der Waals surface area contributed by atoms with E-state index >= 15 is 0 Å². The molecule has 0 aliphatic heterocycles. The minimum absolute atomic E-state index is 0.0415. The molecule has 0 aromatic rings. The second kappa shape index (κ2) is 14.0. The second-order valence-corrected chi connectivity index (χ2v) is 11.9. The predicted molar refractivity (Wildman–Crippen MR) is 139 cm³/mol. The molecule has 0 aliphatic rings. The number of carboxylic acid groups (broad SMARTS) is 1. The van der Waals surface area contributed by atoms with Crippen molar-refractivity contribution in [3.8, 4) is 0 Å². The van der Waals surface area contributed by atoms with E-state index in [0.717, 1.165) is 0 Å². The Morgan fingerprint density at radius 1 is 0.784 bits per heavy atom. The number of hydrogen-bond acceptors (Lipinski definition) is 8. The van der Waals surface area contributed by atoms with Crippen molar-refractivity contribution in [3.05, 3.63) is 0 Å². The maximum absolute atomic E-state index is 13.2. The van der Waals surface area contributed by atoms with Crippen LogP contribution in [-0.2, 0) is 33.3 Å². The van der Waals surface area contributed by atoms with Gasteiger partial charge in [0.25, 0.3) is 0 Å². The molecule has 0 aliphatic carbocycles. The summed E-state index contributed by atoms with van der Waals surface area (Å²) in [6.45, 7) is 21.2. The fourth-order valence-electron chi connectivity index (χ4n) is 3.64. The summed E-state index contributed by atoms with van der Waals surface area (Å²) in [6, 6.07) is 0. The topological polar surface area (TPSA) is 125 Å². The molecule has 0 radical (unpaired) electrons. The quantitative estimate of drug-likeness (QED) is 0.185. The number of hydrogen-bond donors (Lipinski definition) is 1. The smallest absolute Gasteiger partial charge is 0.450 e. The summed E-state index contributed by atoms with van der Waals surface area (Å²) in [7, 11) is 0. The second-order valence-electron chi connectivity index (χ2n) is 11.9. The molecule has 0 aromatic heterocycles. The van der Waals surface area contributed by atoms with Crippen molar-refractivity contribution in [2.75, 3.05) is 0 Å². The highest BCUT2D eigenvalue weighted by molar-refractivity contribution is 5.76. The Balaban J connectivity index is 6.87. The molecule has 5 atom stereocenters. The summed E-state index contributed by atoms with van der Waals surface area (Å²) in [5.74, 6) is -7.03. The summed E-state index contributed by atoms with van der Waals surface area (Å²) in [6.07, 6.45) is -0.206. The monoisotopic (exact) mass is 530 g/mol. The zero-order chi connectivity index (χ0) is 29.4. The predicted octanol–water partition coefficient (Wildman–Crippen LogP) is 6.57. The van der Waals surface area contributed by atoms with Gasteiger partial charge in [-0.15, -0.1) is 0 Å². The highest BCUT2D eigenvalue weighted by Crippen LogP contribution is 2.42. The van der Waals surface area contributed by atoms with Gasteiger partial charge in [-0.05, 0) is 30.6 Å². The molecule has 216 valence electrons. The Labute approximate surface area is 222 Å². The first-order chi connectivity index (χ1) is 16.8. The number of carbonyl (C=O) groups excluding carboxylic acids is 3. The van der Waals surface area contributed by atoms with Crippen LogP contribution in [0.3, 0.4) is 0 Å². The number of carbonyl (C=O) groups is 4. The van der Waals surface area contributed by atoms with Crippen LogP contribution in [0.1, 0.15) is 109 Å². The molecule has 0 amide bonds. The Morgan fingerprint density at radius 2 is 1.32 bits per heavy atom. The molecule has 0 heterocycles. The van der Waals surface area contributed by atoms with E-state index in [1.54, 1.807) is 27.7 Å². The molecule has 0 bridgehead atoms. The van der Waals surface area contributed by atoms with Crippen LogP contribution in [0.2, 0.25) is 0 Å². The standard InChI is InChI=1S/C28H50O9/c1-13-19(7)21(9)24(31)35-27(12,18(5)6)28(37-25(32)33,34-22(29)16-26(10,11)14-2)36-23(30)20(8)15-17(3)4/h17-21H,13-16H2,1-12H3,(H,32,33). The molecule has 37 heavy (non-hydrogen) atoms. The lowest BCUT2D eigenvalue weighted by atomic mass is 9.86. The average molecular weight is 531 g/mol. The van der Waals surface area contributed by atoms with Gasteiger partial charge in [0.05, 0.1) is 18.3 Å². The molecule has 0 fully saturated rings. The van der Waals surface area contributed by atoms with E-state index < -0.39 is 58.8 Å². The van der Waals surface area contributed by atoms with Gasteiger partial charge in [0.1, 0.15) is 0 Å². The van der Waals surface area contributed by atoms with Crippen LogP contribution in [0.4, 0.5) is 4.79 Å². The van der Waals surface area contributed by atoms with Crippen molar-refractivity contribution in [3.63, 3.8) is 0 Å². The van der Waals surface area contributed by atoms with E-state index in [2.05, 4.69) is 0 Å². The van der Waals surface area contributed by atoms with E-state index in [0.29, 0.717) is 19.3 Å². The maximum atomic E-state index is 13.2. The fourth-order valence-corrected chi connectivity index (χ4v) is 3.64. The van der Waals surface area contributed by atoms with Crippen LogP contribution >= 0.6 is 0 Å². The fraction of sp³-hybridized carbons (Fsp3) is 0.857. The van der Waals surface area contributed by atoms with Crippen molar-refractivity contribution in [1.29, 1.82) is 0 Å². The molecule has 0 saturated carbocycles. The van der Waals surface area contributed by atoms with E-state index in [9.17, 15) is 24.3 Å². The molecule has 0 saturated heterocycles. The summed E-state index contributed by atoms with van der Waals surface area (Å²) in [5.41, 5.74) is -2.49. The van der Waals surface area contributed by atoms with E-state index in [-0.39, 0.29) is 18.3 Å². The molecule has 1 N–H and O–H groups in total. The lowest BCUT2D eigenvalue weighted by Gasteiger charge is -2.45. The summed E-state index contributed by atoms with van der Waals surface area (Å²) in [5, 5.41) is 9.71. The van der Waals surface area contributed by atoms with Crippen LogP contribution in [-0.4, -0.2) is 40.7 Å². The van der Waals surface area contributed by atoms with Crippen molar-refractivity contribution >= 4 is 24.1 Å². The van der Waals surface area contributed by atoms with Crippen LogP contribution in [0.5, 0.6) is 0 Å². The summed E-state index contributed by atoms with van der Waals surface area (Å²) in [4.78, 5) is 51.6. The molecule has 5 unspecified atom stereocenters. The van der Waals surface area contributed by atoms with E-state index in [1.165, 1.54) is 6.92 Å². The third-order valence-corrected chi connectivity index (χ3v) is 7.40. The highest BCUT2D eigenvalue weighted by atomic mass is 16.9. The van der Waals surface area contributed by atoms with Crippen LogP contribution in [0, 0.1) is 35.0 Å². The van der Waals surface area contributed by atoms with Crippen LogP contribution in [0.15, 0.2) is 0 Å². The molecule has 9 nitrogen and oxygen atoms in total. The first-order valence-corrected chi connectivity index (χ1v) is 13.4. The van der Waals surface area contributed by atoms with Crippen LogP contribution in [0.25, 0.3) is 0 Å². The molecule has 0 aromatic carbocycles. The van der Waals surface area contributed by atoms with Gasteiger partial charge in [-0.3, -0.25) is 14.4 Å². The first-order valence-electron chi connectivity index (χ1n) is 13.4. The molecular weight excluding hydrogens is 480 g/mol. The van der Waals surface area contributed by atoms with Gasteiger partial charge in [-0.2, -0.15) is 0 Å². The summed E-state index contributed by atoms with van der Waals surface area (Å²) < 4.78 is 22.3. The highest BCUT2D eigenvalue weighted by Gasteiger charge is 2.65.